The van der Waals surface area contributed by atoms with Crippen LogP contribution in [-0.2, 0) is 25.5 Å². The lowest BCUT2D eigenvalue weighted by Crippen LogP contribution is -2.44. The van der Waals surface area contributed by atoms with Crippen molar-refractivity contribution in [1.29, 1.82) is 0 Å². The Morgan fingerprint density at radius 3 is 2.44 bits per heavy atom. The van der Waals surface area contributed by atoms with Crippen molar-refractivity contribution in [3.63, 3.8) is 0 Å². The zero-order valence-electron chi connectivity index (χ0n) is 13.7. The van der Waals surface area contributed by atoms with Crippen LogP contribution in [0.1, 0.15) is 16.1 Å². The molecule has 25 heavy (non-hydrogen) atoms. The average Bonchev–Trinajstić information content (AvgIpc) is 2.66. The quantitative estimate of drug-likeness (QED) is 0.758. The van der Waals surface area contributed by atoms with Gasteiger partial charge < -0.3 is 14.8 Å². The van der Waals surface area contributed by atoms with Gasteiger partial charge in [-0.25, -0.2) is 14.6 Å². The summed E-state index contributed by atoms with van der Waals surface area (Å²) in [6.07, 6.45) is 1.72. The normalized spacial score (nSPS) is 11.2. The Balaban J connectivity index is 1.90. The standard InChI is InChI=1S/C18H18N2O5/c1-24-17(22)15(11-13-7-3-2-4-8-13)20-16(21)12-25-18(23)14-9-5-6-10-19-14/h2-10,15H,11-12H2,1H3,(H,20,21)/t15-/m1/s1. The van der Waals surface area contributed by atoms with Crippen molar-refractivity contribution in [3.05, 3.63) is 66.0 Å². The molecule has 130 valence electrons. The van der Waals surface area contributed by atoms with Crippen LogP contribution in [0, 0.1) is 0 Å². The largest absolute Gasteiger partial charge is 0.467 e. The monoisotopic (exact) mass is 342 g/mol. The van der Waals surface area contributed by atoms with Gasteiger partial charge in [0.15, 0.2) is 6.61 Å². The Bertz CT molecular complexity index is 719. The maximum atomic E-state index is 12.0. The summed E-state index contributed by atoms with van der Waals surface area (Å²) in [4.78, 5) is 39.4. The third-order valence-electron chi connectivity index (χ3n) is 3.31. The molecule has 0 radical (unpaired) electrons. The van der Waals surface area contributed by atoms with Crippen LogP contribution in [0.25, 0.3) is 0 Å². The fraction of sp³-hybridized carbons (Fsp3) is 0.222. The number of carbonyl (C=O) groups excluding carboxylic acids is 3. The van der Waals surface area contributed by atoms with Gasteiger partial charge in [0.1, 0.15) is 11.7 Å². The molecule has 0 bridgehead atoms. The van der Waals surface area contributed by atoms with Gasteiger partial charge in [-0.05, 0) is 17.7 Å². The smallest absolute Gasteiger partial charge is 0.357 e. The number of methoxy groups -OCH3 is 1. The number of nitrogens with one attached hydrogen (secondary N) is 1. The highest BCUT2D eigenvalue weighted by molar-refractivity contribution is 5.90. The fourth-order valence-corrected chi connectivity index (χ4v) is 2.11. The minimum absolute atomic E-state index is 0.101. The first-order valence-electron chi connectivity index (χ1n) is 7.59. The van der Waals surface area contributed by atoms with E-state index in [1.54, 1.807) is 12.1 Å². The SMILES string of the molecule is COC(=O)[C@@H](Cc1ccccc1)NC(=O)COC(=O)c1ccccn1. The Kier molecular flexibility index (Phi) is 6.65. The molecule has 1 atom stereocenters. The van der Waals surface area contributed by atoms with Crippen LogP contribution in [0.15, 0.2) is 54.7 Å². The summed E-state index contributed by atoms with van der Waals surface area (Å²) < 4.78 is 9.60. The van der Waals surface area contributed by atoms with Crippen molar-refractivity contribution in [3.8, 4) is 0 Å². The lowest BCUT2D eigenvalue weighted by atomic mass is 10.1. The first-order chi connectivity index (χ1) is 12.1. The third-order valence-corrected chi connectivity index (χ3v) is 3.31. The van der Waals surface area contributed by atoms with Gasteiger partial charge in [0.2, 0.25) is 0 Å². The summed E-state index contributed by atoms with van der Waals surface area (Å²) >= 11 is 0. The Morgan fingerprint density at radius 2 is 1.80 bits per heavy atom. The van der Waals surface area contributed by atoms with E-state index >= 15 is 0 Å². The van der Waals surface area contributed by atoms with E-state index in [9.17, 15) is 14.4 Å². The van der Waals surface area contributed by atoms with Crippen LogP contribution in [0.2, 0.25) is 0 Å². The molecule has 7 heteroatoms. The van der Waals surface area contributed by atoms with Gasteiger partial charge in [0.05, 0.1) is 7.11 Å². The van der Waals surface area contributed by atoms with E-state index in [-0.39, 0.29) is 12.1 Å². The maximum absolute atomic E-state index is 12.0. The Labute approximate surface area is 145 Å². The van der Waals surface area contributed by atoms with Gasteiger partial charge in [-0.15, -0.1) is 0 Å². The molecule has 2 aromatic rings. The first-order valence-corrected chi connectivity index (χ1v) is 7.59. The topological polar surface area (TPSA) is 94.6 Å². The predicted octanol–water partition coefficient (Wildman–Crippen LogP) is 1.14. The molecule has 0 unspecified atom stereocenters. The van der Waals surface area contributed by atoms with E-state index in [0.717, 1.165) is 5.56 Å². The Morgan fingerprint density at radius 1 is 1.08 bits per heavy atom. The van der Waals surface area contributed by atoms with E-state index < -0.39 is 30.5 Å². The van der Waals surface area contributed by atoms with Crippen LogP contribution < -0.4 is 5.32 Å². The van der Waals surface area contributed by atoms with Gasteiger partial charge in [0, 0.05) is 12.6 Å². The van der Waals surface area contributed by atoms with Crippen molar-refractivity contribution in [1.82, 2.24) is 10.3 Å². The molecule has 0 aliphatic rings. The van der Waals surface area contributed by atoms with Gasteiger partial charge in [-0.3, -0.25) is 4.79 Å². The maximum Gasteiger partial charge on any atom is 0.357 e. The van der Waals surface area contributed by atoms with Crippen molar-refractivity contribution in [2.24, 2.45) is 0 Å². The number of carbonyl (C=O) groups is 3. The van der Waals surface area contributed by atoms with Crippen LogP contribution in [0.4, 0.5) is 0 Å². The second-order valence-electron chi connectivity index (χ2n) is 5.12. The van der Waals surface area contributed by atoms with Crippen molar-refractivity contribution in [2.75, 3.05) is 13.7 Å². The number of benzene rings is 1. The molecule has 0 aliphatic carbocycles. The van der Waals surface area contributed by atoms with E-state index in [4.69, 9.17) is 9.47 Å². The molecule has 1 heterocycles. The number of esters is 2. The Hall–Kier alpha value is -3.22. The lowest BCUT2D eigenvalue weighted by molar-refractivity contribution is -0.145. The number of hydrogen-bond donors (Lipinski definition) is 1. The van der Waals surface area contributed by atoms with E-state index in [2.05, 4.69) is 10.3 Å². The second-order valence-corrected chi connectivity index (χ2v) is 5.12. The number of rotatable bonds is 7. The number of ether oxygens (including phenoxy) is 2. The van der Waals surface area contributed by atoms with E-state index in [1.165, 1.54) is 19.4 Å². The summed E-state index contributed by atoms with van der Waals surface area (Å²) in [5.41, 5.74) is 0.966. The molecule has 2 rings (SSSR count). The highest BCUT2D eigenvalue weighted by atomic mass is 16.5. The van der Waals surface area contributed by atoms with Crippen LogP contribution in [0.3, 0.4) is 0 Å². The molecular weight excluding hydrogens is 324 g/mol. The van der Waals surface area contributed by atoms with Gasteiger partial charge in [-0.2, -0.15) is 0 Å². The van der Waals surface area contributed by atoms with E-state index in [0.29, 0.717) is 0 Å². The van der Waals surface area contributed by atoms with Gasteiger partial charge in [0.25, 0.3) is 5.91 Å². The molecule has 0 saturated carbocycles. The summed E-state index contributed by atoms with van der Waals surface area (Å²) in [6, 6.07) is 13.1. The van der Waals surface area contributed by atoms with Crippen LogP contribution >= 0.6 is 0 Å². The number of nitrogens with zero attached hydrogens (tertiary/aromatic N) is 1. The summed E-state index contributed by atoms with van der Waals surface area (Å²) in [6.45, 7) is -0.516. The number of aromatic nitrogens is 1. The number of pyridine rings is 1. The zero-order chi connectivity index (χ0) is 18.1. The summed E-state index contributed by atoms with van der Waals surface area (Å²) in [7, 11) is 1.24. The minimum Gasteiger partial charge on any atom is -0.467 e. The zero-order valence-corrected chi connectivity index (χ0v) is 13.7. The molecule has 1 N–H and O–H groups in total. The first kappa shape index (κ1) is 18.1. The number of hydrogen-bond acceptors (Lipinski definition) is 6. The molecular formula is C18H18N2O5. The molecule has 0 aliphatic heterocycles. The van der Waals surface area contributed by atoms with Gasteiger partial charge >= 0.3 is 11.9 Å². The molecule has 1 aromatic carbocycles. The second kappa shape index (κ2) is 9.17. The van der Waals surface area contributed by atoms with Crippen LogP contribution in [0.5, 0.6) is 0 Å². The summed E-state index contributed by atoms with van der Waals surface area (Å²) in [5.74, 6) is -1.89. The highest BCUT2D eigenvalue weighted by Crippen LogP contribution is 2.05. The highest BCUT2D eigenvalue weighted by Gasteiger charge is 2.22. The van der Waals surface area contributed by atoms with Crippen LogP contribution in [-0.4, -0.2) is 42.6 Å². The number of amides is 1. The minimum atomic E-state index is -0.867. The van der Waals surface area contributed by atoms with Crippen molar-refractivity contribution < 1.29 is 23.9 Å². The lowest BCUT2D eigenvalue weighted by Gasteiger charge is -2.16. The molecule has 0 saturated heterocycles. The molecule has 0 fully saturated rings. The third kappa shape index (κ3) is 5.72. The molecule has 0 spiro atoms. The van der Waals surface area contributed by atoms with Crippen molar-refractivity contribution >= 4 is 17.8 Å². The average molecular weight is 342 g/mol. The molecule has 1 amide bonds. The van der Waals surface area contributed by atoms with Crippen molar-refractivity contribution in [2.45, 2.75) is 12.5 Å². The molecule has 7 nitrogen and oxygen atoms in total. The van der Waals surface area contributed by atoms with E-state index in [1.807, 2.05) is 30.3 Å². The summed E-state index contributed by atoms with van der Waals surface area (Å²) in [5, 5.41) is 2.51. The predicted molar refractivity (Wildman–Crippen MR) is 88.6 cm³/mol. The fourth-order valence-electron chi connectivity index (χ4n) is 2.11. The van der Waals surface area contributed by atoms with Gasteiger partial charge in [-0.1, -0.05) is 36.4 Å². The molecule has 1 aromatic heterocycles.